The summed E-state index contributed by atoms with van der Waals surface area (Å²) < 4.78 is 7.29. The molecule has 25 heavy (non-hydrogen) atoms. The van der Waals surface area contributed by atoms with Crippen molar-refractivity contribution >= 4 is 5.91 Å². The molecule has 0 fully saturated rings. The lowest BCUT2D eigenvalue weighted by atomic mass is 10.1. The third-order valence-corrected chi connectivity index (χ3v) is 3.66. The zero-order valence-corrected chi connectivity index (χ0v) is 13.6. The number of aromatic nitrogens is 2. The second-order valence-corrected chi connectivity index (χ2v) is 5.58. The molecule has 6 heteroatoms. The van der Waals surface area contributed by atoms with E-state index in [-0.39, 0.29) is 18.3 Å². The summed E-state index contributed by atoms with van der Waals surface area (Å²) in [5, 5.41) is 12.4. The lowest BCUT2D eigenvalue weighted by molar-refractivity contribution is -0.123. The Kier molecular flexibility index (Phi) is 5.31. The average molecular weight is 337 g/mol. The predicted molar refractivity (Wildman–Crippen MR) is 93.2 cm³/mol. The Morgan fingerprint density at radius 2 is 1.88 bits per heavy atom. The van der Waals surface area contributed by atoms with Gasteiger partial charge in [0.2, 0.25) is 0 Å². The molecule has 0 aliphatic rings. The average Bonchev–Trinajstić information content (AvgIpc) is 3.13. The number of aromatic hydroxyl groups is 1. The van der Waals surface area contributed by atoms with Crippen molar-refractivity contribution in [2.45, 2.75) is 13.1 Å². The summed E-state index contributed by atoms with van der Waals surface area (Å²) in [5.41, 5.74) is 2.17. The quantitative estimate of drug-likeness (QED) is 0.694. The van der Waals surface area contributed by atoms with E-state index in [9.17, 15) is 9.90 Å². The number of nitrogens with zero attached hydrogens (tertiary/aromatic N) is 2. The van der Waals surface area contributed by atoms with Crippen LogP contribution in [0.25, 0.3) is 0 Å². The molecule has 128 valence electrons. The minimum atomic E-state index is -0.245. The molecule has 0 atom stereocenters. The lowest BCUT2D eigenvalue weighted by Gasteiger charge is -2.09. The first-order valence-electron chi connectivity index (χ1n) is 7.92. The number of amides is 1. The summed E-state index contributed by atoms with van der Waals surface area (Å²) in [6.45, 7) is 1.05. The number of hydrogen-bond donors (Lipinski definition) is 2. The molecule has 2 aromatic carbocycles. The summed E-state index contributed by atoms with van der Waals surface area (Å²) >= 11 is 0. The van der Waals surface area contributed by atoms with Crippen molar-refractivity contribution in [3.63, 3.8) is 0 Å². The normalized spacial score (nSPS) is 10.4. The number of ether oxygens (including phenoxy) is 1. The predicted octanol–water partition coefficient (Wildman–Crippen LogP) is 2.33. The van der Waals surface area contributed by atoms with Gasteiger partial charge in [0.05, 0.1) is 6.33 Å². The van der Waals surface area contributed by atoms with Gasteiger partial charge in [-0.05, 0) is 23.3 Å². The van der Waals surface area contributed by atoms with Gasteiger partial charge < -0.3 is 19.7 Å². The van der Waals surface area contributed by atoms with Gasteiger partial charge in [0.15, 0.2) is 18.1 Å². The molecule has 3 aromatic rings. The van der Waals surface area contributed by atoms with Crippen LogP contribution in [0.5, 0.6) is 11.5 Å². The molecule has 0 radical (unpaired) electrons. The number of phenolic OH excluding ortho intramolecular Hbond substituents is 1. The smallest absolute Gasteiger partial charge is 0.258 e. The molecule has 0 saturated carbocycles. The number of imidazole rings is 1. The van der Waals surface area contributed by atoms with Crippen molar-refractivity contribution in [2.24, 2.45) is 0 Å². The Labute approximate surface area is 145 Å². The fourth-order valence-electron chi connectivity index (χ4n) is 2.33. The first-order valence-corrected chi connectivity index (χ1v) is 7.92. The number of rotatable bonds is 7. The van der Waals surface area contributed by atoms with Gasteiger partial charge in [0.1, 0.15) is 0 Å². The minimum Gasteiger partial charge on any atom is -0.504 e. The van der Waals surface area contributed by atoms with Gasteiger partial charge in [0, 0.05) is 25.5 Å². The third-order valence-electron chi connectivity index (χ3n) is 3.66. The second-order valence-electron chi connectivity index (χ2n) is 5.58. The van der Waals surface area contributed by atoms with E-state index in [2.05, 4.69) is 10.3 Å². The van der Waals surface area contributed by atoms with E-state index in [1.165, 1.54) is 6.07 Å². The molecule has 1 heterocycles. The van der Waals surface area contributed by atoms with Gasteiger partial charge in [-0.25, -0.2) is 4.98 Å². The Morgan fingerprint density at radius 1 is 1.12 bits per heavy atom. The zero-order valence-electron chi connectivity index (χ0n) is 13.6. The summed E-state index contributed by atoms with van der Waals surface area (Å²) in [6.07, 6.45) is 5.44. The maximum Gasteiger partial charge on any atom is 0.258 e. The molecule has 0 spiro atoms. The van der Waals surface area contributed by atoms with Crippen LogP contribution in [0.3, 0.4) is 0 Å². The van der Waals surface area contributed by atoms with Gasteiger partial charge in [-0.2, -0.15) is 0 Å². The summed E-state index contributed by atoms with van der Waals surface area (Å²) in [6, 6.07) is 14.6. The minimum absolute atomic E-state index is 0.0174. The molecule has 0 aliphatic carbocycles. The first kappa shape index (κ1) is 16.6. The van der Waals surface area contributed by atoms with Crippen LogP contribution in [0, 0.1) is 0 Å². The van der Waals surface area contributed by atoms with Crippen molar-refractivity contribution in [1.82, 2.24) is 14.9 Å². The number of nitrogens with one attached hydrogen (secondary N) is 1. The van der Waals surface area contributed by atoms with Crippen LogP contribution in [0.2, 0.25) is 0 Å². The molecule has 6 nitrogen and oxygen atoms in total. The second kappa shape index (κ2) is 8.01. The van der Waals surface area contributed by atoms with Crippen molar-refractivity contribution in [2.75, 3.05) is 6.61 Å². The van der Waals surface area contributed by atoms with E-state index in [0.717, 1.165) is 17.7 Å². The van der Waals surface area contributed by atoms with E-state index in [4.69, 9.17) is 4.74 Å². The van der Waals surface area contributed by atoms with E-state index >= 15 is 0 Å². The van der Waals surface area contributed by atoms with E-state index in [1.807, 2.05) is 35.0 Å². The van der Waals surface area contributed by atoms with Crippen LogP contribution in [0.1, 0.15) is 11.1 Å². The van der Waals surface area contributed by atoms with Crippen LogP contribution >= 0.6 is 0 Å². The van der Waals surface area contributed by atoms with E-state index in [1.54, 1.807) is 30.7 Å². The van der Waals surface area contributed by atoms with Crippen LogP contribution in [0.15, 0.2) is 67.3 Å². The Hall–Kier alpha value is -3.28. The highest BCUT2D eigenvalue weighted by atomic mass is 16.5. The van der Waals surface area contributed by atoms with Crippen LogP contribution < -0.4 is 10.1 Å². The summed E-state index contributed by atoms with van der Waals surface area (Å²) in [5.74, 6) is 0.0658. The Balaban J connectivity index is 1.45. The SMILES string of the molecule is O=C(COc1ccccc1O)NCc1ccc(Cn2ccnc2)cc1. The highest BCUT2D eigenvalue weighted by Crippen LogP contribution is 2.23. The highest BCUT2D eigenvalue weighted by molar-refractivity contribution is 5.77. The van der Waals surface area contributed by atoms with Gasteiger partial charge in [-0.1, -0.05) is 36.4 Å². The van der Waals surface area contributed by atoms with Crippen LogP contribution in [0.4, 0.5) is 0 Å². The largest absolute Gasteiger partial charge is 0.504 e. The summed E-state index contributed by atoms with van der Waals surface area (Å²) in [4.78, 5) is 15.9. The first-order chi connectivity index (χ1) is 12.2. The maximum atomic E-state index is 11.9. The van der Waals surface area contributed by atoms with Crippen molar-refractivity contribution in [3.05, 3.63) is 78.4 Å². The number of hydrogen-bond acceptors (Lipinski definition) is 4. The Bertz CT molecular complexity index is 814. The molecular formula is C19H19N3O3. The topological polar surface area (TPSA) is 76.4 Å². The van der Waals surface area contributed by atoms with Gasteiger partial charge >= 0.3 is 0 Å². The number of benzene rings is 2. The molecular weight excluding hydrogens is 318 g/mol. The molecule has 0 bridgehead atoms. The molecule has 2 N–H and O–H groups in total. The molecule has 0 saturated heterocycles. The Morgan fingerprint density at radius 3 is 2.60 bits per heavy atom. The number of phenols is 1. The number of carbonyl (C=O) groups excluding carboxylic acids is 1. The molecule has 1 amide bonds. The fourth-order valence-corrected chi connectivity index (χ4v) is 2.33. The molecule has 0 aliphatic heterocycles. The molecule has 3 rings (SSSR count). The monoisotopic (exact) mass is 337 g/mol. The number of para-hydroxylation sites is 2. The number of carbonyl (C=O) groups is 1. The molecule has 0 unspecified atom stereocenters. The van der Waals surface area contributed by atoms with Gasteiger partial charge in [-0.3, -0.25) is 4.79 Å². The molecule has 1 aromatic heterocycles. The van der Waals surface area contributed by atoms with Crippen molar-refractivity contribution < 1.29 is 14.6 Å². The van der Waals surface area contributed by atoms with Gasteiger partial charge in [-0.15, -0.1) is 0 Å². The standard InChI is InChI=1S/C19H19N3O3/c23-17-3-1-2-4-18(17)25-13-19(24)21-11-15-5-7-16(8-6-15)12-22-10-9-20-14-22/h1-10,14,23H,11-13H2,(H,21,24). The van der Waals surface area contributed by atoms with E-state index in [0.29, 0.717) is 12.3 Å². The van der Waals surface area contributed by atoms with Crippen LogP contribution in [-0.2, 0) is 17.9 Å². The van der Waals surface area contributed by atoms with Crippen LogP contribution in [-0.4, -0.2) is 27.2 Å². The zero-order chi connectivity index (χ0) is 17.5. The third kappa shape index (κ3) is 4.84. The lowest BCUT2D eigenvalue weighted by Crippen LogP contribution is -2.28. The van der Waals surface area contributed by atoms with Crippen molar-refractivity contribution in [1.29, 1.82) is 0 Å². The highest BCUT2D eigenvalue weighted by Gasteiger charge is 2.05. The van der Waals surface area contributed by atoms with Gasteiger partial charge in [0.25, 0.3) is 5.91 Å². The van der Waals surface area contributed by atoms with Crippen molar-refractivity contribution in [3.8, 4) is 11.5 Å². The maximum absolute atomic E-state index is 11.9. The summed E-state index contributed by atoms with van der Waals surface area (Å²) in [7, 11) is 0. The fraction of sp³-hybridized carbons (Fsp3) is 0.158. The van der Waals surface area contributed by atoms with E-state index < -0.39 is 0 Å².